The van der Waals surface area contributed by atoms with Gasteiger partial charge in [-0.3, -0.25) is 9.69 Å². The lowest BCUT2D eigenvalue weighted by atomic mass is 9.99. The normalized spacial score (nSPS) is 20.9. The summed E-state index contributed by atoms with van der Waals surface area (Å²) >= 11 is 0. The molecule has 1 heterocycles. The first-order valence-corrected chi connectivity index (χ1v) is 8.06. The molecule has 2 N–H and O–H groups in total. The summed E-state index contributed by atoms with van der Waals surface area (Å²) < 4.78 is 13.1. The largest absolute Gasteiger partial charge is 0.508 e. The van der Waals surface area contributed by atoms with Crippen molar-refractivity contribution in [2.75, 3.05) is 13.6 Å². The van der Waals surface area contributed by atoms with Crippen LogP contribution in [-0.2, 0) is 11.2 Å². The summed E-state index contributed by atoms with van der Waals surface area (Å²) in [5, 5.41) is 12.6. The number of halogens is 1. The van der Waals surface area contributed by atoms with Gasteiger partial charge in [-0.25, -0.2) is 4.39 Å². The molecular weight excluding hydrogens is 307 g/mol. The highest BCUT2D eigenvalue weighted by Crippen LogP contribution is 2.31. The van der Waals surface area contributed by atoms with Crippen LogP contribution >= 0.6 is 0 Å². The zero-order chi connectivity index (χ0) is 17.1. The molecule has 0 aliphatic carbocycles. The Morgan fingerprint density at radius 2 is 2.04 bits per heavy atom. The minimum atomic E-state index is -0.260. The van der Waals surface area contributed by atoms with E-state index in [9.17, 15) is 14.3 Å². The number of rotatable bonds is 4. The third-order valence-electron chi connectivity index (χ3n) is 4.48. The van der Waals surface area contributed by atoms with Gasteiger partial charge in [0.2, 0.25) is 5.91 Å². The molecule has 0 radical (unpaired) electrons. The monoisotopic (exact) mass is 328 g/mol. The maximum absolute atomic E-state index is 13.1. The zero-order valence-corrected chi connectivity index (χ0v) is 13.6. The molecule has 0 spiro atoms. The van der Waals surface area contributed by atoms with Gasteiger partial charge >= 0.3 is 0 Å². The Balaban J connectivity index is 1.68. The lowest BCUT2D eigenvalue weighted by Crippen LogP contribution is -2.39. The molecule has 1 aliphatic rings. The Kier molecular flexibility index (Phi) is 4.81. The van der Waals surface area contributed by atoms with E-state index in [4.69, 9.17) is 0 Å². The molecule has 1 aliphatic heterocycles. The van der Waals surface area contributed by atoms with Crippen LogP contribution in [0.5, 0.6) is 5.75 Å². The number of hydrogen-bond donors (Lipinski definition) is 2. The number of phenols is 1. The second kappa shape index (κ2) is 7.01. The fourth-order valence-electron chi connectivity index (χ4n) is 3.35. The third kappa shape index (κ3) is 3.74. The van der Waals surface area contributed by atoms with E-state index >= 15 is 0 Å². The van der Waals surface area contributed by atoms with E-state index in [1.807, 2.05) is 13.1 Å². The number of likely N-dealkylation sites (N-methyl/N-ethyl adjacent to an activating group) is 1. The molecule has 1 amide bonds. The van der Waals surface area contributed by atoms with Crippen LogP contribution in [0.1, 0.15) is 23.6 Å². The number of likely N-dealkylation sites (tertiary alicyclic amines) is 1. The number of benzene rings is 2. The summed E-state index contributed by atoms with van der Waals surface area (Å²) in [5.74, 6) is -0.179. The molecule has 126 valence electrons. The van der Waals surface area contributed by atoms with Gasteiger partial charge < -0.3 is 10.4 Å². The van der Waals surface area contributed by atoms with E-state index in [0.717, 1.165) is 24.1 Å². The van der Waals surface area contributed by atoms with Crippen LogP contribution in [0.2, 0.25) is 0 Å². The summed E-state index contributed by atoms with van der Waals surface area (Å²) in [6, 6.07) is 13.2. The molecule has 2 aromatic rings. The second-order valence-corrected chi connectivity index (χ2v) is 6.29. The lowest BCUT2D eigenvalue weighted by Gasteiger charge is -2.26. The van der Waals surface area contributed by atoms with Gasteiger partial charge in [0.25, 0.3) is 0 Å². The summed E-state index contributed by atoms with van der Waals surface area (Å²) in [6.45, 7) is 0.874. The van der Waals surface area contributed by atoms with Gasteiger partial charge in [0.1, 0.15) is 11.6 Å². The molecule has 24 heavy (non-hydrogen) atoms. The molecule has 1 saturated heterocycles. The smallest absolute Gasteiger partial charge is 0.224 e. The molecule has 2 aromatic carbocycles. The number of carbonyl (C=O) groups is 1. The average Bonchev–Trinajstić information content (AvgIpc) is 2.89. The first kappa shape index (κ1) is 16.5. The predicted octanol–water partition coefficient (Wildman–Crippen LogP) is 2.64. The number of amides is 1. The highest BCUT2D eigenvalue weighted by molar-refractivity contribution is 5.79. The predicted molar refractivity (Wildman–Crippen MR) is 90.1 cm³/mol. The number of nitrogens with zero attached hydrogens (tertiary/aromatic N) is 1. The number of carbonyl (C=O) groups excluding carboxylic acids is 1. The maximum Gasteiger partial charge on any atom is 0.224 e. The highest BCUT2D eigenvalue weighted by Gasteiger charge is 2.33. The Hall–Kier alpha value is -2.40. The first-order chi connectivity index (χ1) is 11.5. The van der Waals surface area contributed by atoms with Crippen molar-refractivity contribution in [3.8, 4) is 5.75 Å². The quantitative estimate of drug-likeness (QED) is 0.907. The molecule has 0 bridgehead atoms. The summed E-state index contributed by atoms with van der Waals surface area (Å²) in [6.07, 6.45) is 1.08. The van der Waals surface area contributed by atoms with Gasteiger partial charge in [0, 0.05) is 12.6 Å². The Morgan fingerprint density at radius 3 is 2.75 bits per heavy atom. The SMILES string of the molecule is CN1CC[C@@H](NC(=O)Cc2cccc(O)c2)[C@@H]1c1ccc(F)cc1. The van der Waals surface area contributed by atoms with Crippen LogP contribution in [0.25, 0.3) is 0 Å². The standard InChI is InChI=1S/C19H21FN2O2/c1-22-10-9-17(19(22)14-5-7-15(20)8-6-14)21-18(24)12-13-3-2-4-16(23)11-13/h2-8,11,17,19,23H,9-10,12H2,1H3,(H,21,24)/t17-,19+/m1/s1. The molecule has 0 aromatic heterocycles. The van der Waals surface area contributed by atoms with E-state index in [-0.39, 0.29) is 36.0 Å². The van der Waals surface area contributed by atoms with Gasteiger partial charge in [-0.15, -0.1) is 0 Å². The number of phenolic OH excluding ortho intramolecular Hbond substituents is 1. The van der Waals surface area contributed by atoms with Crippen molar-refractivity contribution in [3.05, 3.63) is 65.5 Å². The third-order valence-corrected chi connectivity index (χ3v) is 4.48. The van der Waals surface area contributed by atoms with Gasteiger partial charge in [-0.1, -0.05) is 24.3 Å². The van der Waals surface area contributed by atoms with Gasteiger partial charge in [0.15, 0.2) is 0 Å². The van der Waals surface area contributed by atoms with Crippen molar-refractivity contribution >= 4 is 5.91 Å². The van der Waals surface area contributed by atoms with Crippen LogP contribution < -0.4 is 5.32 Å². The molecule has 0 unspecified atom stereocenters. The van der Waals surface area contributed by atoms with Crippen LogP contribution in [0.15, 0.2) is 48.5 Å². The Morgan fingerprint density at radius 1 is 1.29 bits per heavy atom. The molecule has 3 rings (SSSR count). The van der Waals surface area contributed by atoms with Crippen molar-refractivity contribution in [1.82, 2.24) is 10.2 Å². The Bertz CT molecular complexity index is 718. The van der Waals surface area contributed by atoms with Gasteiger partial charge in [-0.2, -0.15) is 0 Å². The average molecular weight is 328 g/mol. The van der Waals surface area contributed by atoms with Crippen molar-refractivity contribution in [3.63, 3.8) is 0 Å². The van der Waals surface area contributed by atoms with Gasteiger partial charge in [-0.05, 0) is 48.9 Å². The topological polar surface area (TPSA) is 52.6 Å². The van der Waals surface area contributed by atoms with E-state index in [0.29, 0.717) is 0 Å². The second-order valence-electron chi connectivity index (χ2n) is 6.29. The van der Waals surface area contributed by atoms with E-state index < -0.39 is 0 Å². The zero-order valence-electron chi connectivity index (χ0n) is 13.6. The van der Waals surface area contributed by atoms with Crippen LogP contribution in [0.4, 0.5) is 4.39 Å². The molecule has 5 heteroatoms. The van der Waals surface area contributed by atoms with E-state index in [1.165, 1.54) is 12.1 Å². The highest BCUT2D eigenvalue weighted by atomic mass is 19.1. The van der Waals surface area contributed by atoms with E-state index in [1.54, 1.807) is 30.3 Å². The molecule has 4 nitrogen and oxygen atoms in total. The van der Waals surface area contributed by atoms with Crippen LogP contribution in [0, 0.1) is 5.82 Å². The lowest BCUT2D eigenvalue weighted by molar-refractivity contribution is -0.121. The van der Waals surface area contributed by atoms with E-state index in [2.05, 4.69) is 10.2 Å². The molecule has 1 fully saturated rings. The molecule has 2 atom stereocenters. The number of hydrogen-bond acceptors (Lipinski definition) is 3. The summed E-state index contributed by atoms with van der Waals surface area (Å²) in [7, 11) is 2.01. The molecule has 0 saturated carbocycles. The fourth-order valence-corrected chi connectivity index (χ4v) is 3.35. The molecular formula is C19H21FN2O2. The summed E-state index contributed by atoms with van der Waals surface area (Å²) in [4.78, 5) is 14.5. The van der Waals surface area contributed by atoms with Crippen LogP contribution in [-0.4, -0.2) is 35.5 Å². The van der Waals surface area contributed by atoms with Crippen molar-refractivity contribution < 1.29 is 14.3 Å². The Labute approximate surface area is 140 Å². The number of nitrogens with one attached hydrogen (secondary N) is 1. The minimum Gasteiger partial charge on any atom is -0.508 e. The van der Waals surface area contributed by atoms with Crippen molar-refractivity contribution in [1.29, 1.82) is 0 Å². The minimum absolute atomic E-state index is 0.00901. The summed E-state index contributed by atoms with van der Waals surface area (Å²) in [5.41, 5.74) is 1.77. The fraction of sp³-hybridized carbons (Fsp3) is 0.316. The number of aromatic hydroxyl groups is 1. The van der Waals surface area contributed by atoms with Crippen LogP contribution in [0.3, 0.4) is 0 Å². The van der Waals surface area contributed by atoms with Crippen molar-refractivity contribution in [2.24, 2.45) is 0 Å². The first-order valence-electron chi connectivity index (χ1n) is 8.06. The maximum atomic E-state index is 13.1. The van der Waals surface area contributed by atoms with Gasteiger partial charge in [0.05, 0.1) is 12.5 Å². The van der Waals surface area contributed by atoms with Crippen molar-refractivity contribution in [2.45, 2.75) is 24.9 Å².